The number of hydrogen-bond donors (Lipinski definition) is 1. The van der Waals surface area contributed by atoms with Crippen LogP contribution in [-0.4, -0.2) is 27.1 Å². The first-order chi connectivity index (χ1) is 8.25. The summed E-state index contributed by atoms with van der Waals surface area (Å²) in [6.45, 7) is 5.70. The van der Waals surface area contributed by atoms with E-state index >= 15 is 0 Å². The summed E-state index contributed by atoms with van der Waals surface area (Å²) in [5, 5.41) is 15.1. The van der Waals surface area contributed by atoms with Crippen LogP contribution in [0.2, 0.25) is 0 Å². The maximum absolute atomic E-state index is 4.73. The molecule has 0 spiro atoms. The second kappa shape index (κ2) is 3.87. The van der Waals surface area contributed by atoms with Gasteiger partial charge in [-0.1, -0.05) is 10.3 Å². The highest BCUT2D eigenvalue weighted by Gasteiger charge is 2.23. The van der Waals surface area contributed by atoms with Gasteiger partial charge in [0.25, 0.3) is 0 Å². The molecular weight excluding hydrogens is 218 g/mol. The Morgan fingerprint density at radius 3 is 3.00 bits per heavy atom. The molecule has 0 aromatic carbocycles. The average molecular weight is 233 g/mol. The molecule has 0 unspecified atom stereocenters. The molecule has 1 N–H and O–H groups in total. The van der Waals surface area contributed by atoms with Crippen molar-refractivity contribution in [3.05, 3.63) is 22.6 Å². The van der Waals surface area contributed by atoms with Gasteiger partial charge in [0.1, 0.15) is 11.4 Å². The molecule has 1 aliphatic heterocycles. The predicted molar refractivity (Wildman–Crippen MR) is 61.7 cm³/mol. The maximum atomic E-state index is 4.73. The first-order valence-corrected chi connectivity index (χ1v) is 5.82. The zero-order valence-corrected chi connectivity index (χ0v) is 10.0. The van der Waals surface area contributed by atoms with Crippen LogP contribution in [0.5, 0.6) is 0 Å². The minimum absolute atomic E-state index is 0.715. The van der Waals surface area contributed by atoms with Crippen LogP contribution in [-0.2, 0) is 13.0 Å². The fraction of sp³-hybridized carbons (Fsp3) is 0.545. The van der Waals surface area contributed by atoms with Crippen LogP contribution in [0, 0.1) is 13.8 Å². The Hall–Kier alpha value is -1.85. The second-order valence-corrected chi connectivity index (χ2v) is 4.47. The molecule has 0 saturated heterocycles. The molecule has 6 heteroatoms. The number of H-pyrrole nitrogens is 1. The lowest BCUT2D eigenvalue weighted by atomic mass is 10.1. The van der Waals surface area contributed by atoms with Crippen LogP contribution in [0.1, 0.15) is 29.1 Å². The molecule has 17 heavy (non-hydrogen) atoms. The summed E-state index contributed by atoms with van der Waals surface area (Å²) in [7, 11) is 0. The van der Waals surface area contributed by atoms with Gasteiger partial charge in [-0.3, -0.25) is 5.10 Å². The summed E-state index contributed by atoms with van der Waals surface area (Å²) in [5.74, 6) is 1.05. The van der Waals surface area contributed by atoms with Crippen LogP contribution >= 0.6 is 0 Å². The molecule has 6 nitrogen and oxygen atoms in total. The Morgan fingerprint density at radius 2 is 2.24 bits per heavy atom. The van der Waals surface area contributed by atoms with Gasteiger partial charge in [-0.05, 0) is 26.7 Å². The lowest BCUT2D eigenvalue weighted by molar-refractivity contribution is 0.301. The number of nitrogens with zero attached hydrogens (tertiary/aromatic N) is 4. The minimum atomic E-state index is 0.715. The molecule has 0 bridgehead atoms. The first kappa shape index (κ1) is 10.3. The summed E-state index contributed by atoms with van der Waals surface area (Å²) >= 11 is 0. The van der Waals surface area contributed by atoms with Gasteiger partial charge in [-0.2, -0.15) is 5.10 Å². The smallest absolute Gasteiger partial charge is 0.154 e. The molecule has 0 saturated carbocycles. The molecule has 0 atom stereocenters. The third-order valence-electron chi connectivity index (χ3n) is 3.29. The van der Waals surface area contributed by atoms with E-state index in [0.29, 0.717) is 6.54 Å². The van der Waals surface area contributed by atoms with Crippen LogP contribution in [0.15, 0.2) is 4.63 Å². The number of nitrogens with one attached hydrogen (secondary N) is 1. The largest absolute Gasteiger partial charge is 0.349 e. The topological polar surface area (TPSA) is 70.8 Å². The second-order valence-electron chi connectivity index (χ2n) is 4.47. The third kappa shape index (κ3) is 1.69. The van der Waals surface area contributed by atoms with Crippen molar-refractivity contribution in [2.24, 2.45) is 0 Å². The van der Waals surface area contributed by atoms with Gasteiger partial charge in [0.15, 0.2) is 5.82 Å². The van der Waals surface area contributed by atoms with Crippen molar-refractivity contribution in [1.82, 2.24) is 20.5 Å². The molecule has 0 fully saturated rings. The van der Waals surface area contributed by atoms with Crippen molar-refractivity contribution in [1.29, 1.82) is 0 Å². The number of fused-ring (bicyclic) bond motifs is 1. The minimum Gasteiger partial charge on any atom is -0.349 e. The Morgan fingerprint density at radius 1 is 1.35 bits per heavy atom. The lowest BCUT2D eigenvalue weighted by Gasteiger charge is -2.26. The van der Waals surface area contributed by atoms with Crippen LogP contribution in [0.4, 0.5) is 5.82 Å². The molecule has 2 aromatic heterocycles. The highest BCUT2D eigenvalue weighted by Crippen LogP contribution is 2.28. The number of aromatic amines is 1. The van der Waals surface area contributed by atoms with E-state index in [1.54, 1.807) is 0 Å². The molecule has 3 heterocycles. The molecule has 2 aromatic rings. The van der Waals surface area contributed by atoms with Crippen molar-refractivity contribution >= 4 is 5.82 Å². The standard InChI is InChI=1S/C11H15N5O/c1-7-9-4-3-5-16(11(9)13-12-7)6-10-8(2)14-17-15-10/h3-6H2,1-2H3,(H,12,13). The zero-order chi connectivity index (χ0) is 11.8. The van der Waals surface area contributed by atoms with E-state index in [9.17, 15) is 0 Å². The molecular formula is C11H15N5O. The Labute approximate surface area is 99.0 Å². The van der Waals surface area contributed by atoms with E-state index in [1.165, 1.54) is 11.3 Å². The fourth-order valence-electron chi connectivity index (χ4n) is 2.28. The fourth-order valence-corrected chi connectivity index (χ4v) is 2.28. The third-order valence-corrected chi connectivity index (χ3v) is 3.29. The van der Waals surface area contributed by atoms with Crippen LogP contribution in [0.3, 0.4) is 0 Å². The zero-order valence-electron chi connectivity index (χ0n) is 10.0. The van der Waals surface area contributed by atoms with Crippen molar-refractivity contribution < 1.29 is 4.63 Å². The summed E-state index contributed by atoms with van der Waals surface area (Å²) in [6, 6.07) is 0. The monoisotopic (exact) mass is 233 g/mol. The highest BCUT2D eigenvalue weighted by atomic mass is 16.6. The molecule has 0 amide bonds. The Balaban J connectivity index is 1.88. The van der Waals surface area contributed by atoms with E-state index < -0.39 is 0 Å². The number of anilines is 1. The molecule has 0 aliphatic carbocycles. The average Bonchev–Trinajstić information content (AvgIpc) is 2.89. The van der Waals surface area contributed by atoms with Gasteiger partial charge in [0.05, 0.1) is 6.54 Å². The number of rotatable bonds is 2. The molecule has 3 rings (SSSR count). The van der Waals surface area contributed by atoms with Gasteiger partial charge < -0.3 is 4.90 Å². The van der Waals surface area contributed by atoms with Crippen LogP contribution in [0.25, 0.3) is 0 Å². The molecule has 90 valence electrons. The van der Waals surface area contributed by atoms with Crippen LogP contribution < -0.4 is 4.90 Å². The van der Waals surface area contributed by atoms with E-state index in [-0.39, 0.29) is 0 Å². The molecule has 0 radical (unpaired) electrons. The normalized spacial score (nSPS) is 15.1. The number of aromatic nitrogens is 4. The van der Waals surface area contributed by atoms with E-state index in [0.717, 1.165) is 36.6 Å². The lowest BCUT2D eigenvalue weighted by Crippen LogP contribution is -2.29. The van der Waals surface area contributed by atoms with Crippen molar-refractivity contribution in [2.75, 3.05) is 11.4 Å². The van der Waals surface area contributed by atoms with Gasteiger partial charge in [-0.15, -0.1) is 0 Å². The van der Waals surface area contributed by atoms with Crippen molar-refractivity contribution in [3.8, 4) is 0 Å². The summed E-state index contributed by atoms with van der Waals surface area (Å²) in [5.41, 5.74) is 4.23. The summed E-state index contributed by atoms with van der Waals surface area (Å²) < 4.78 is 4.73. The summed E-state index contributed by atoms with van der Waals surface area (Å²) in [4.78, 5) is 2.23. The van der Waals surface area contributed by atoms with Gasteiger partial charge in [-0.25, -0.2) is 4.63 Å². The Bertz CT molecular complexity index is 530. The Kier molecular flexibility index (Phi) is 2.35. The van der Waals surface area contributed by atoms with Crippen molar-refractivity contribution in [3.63, 3.8) is 0 Å². The number of aryl methyl sites for hydroxylation is 2. The summed E-state index contributed by atoms with van der Waals surface area (Å²) in [6.07, 6.45) is 2.25. The quantitative estimate of drug-likeness (QED) is 0.848. The molecule has 1 aliphatic rings. The van der Waals surface area contributed by atoms with Gasteiger partial charge >= 0.3 is 0 Å². The maximum Gasteiger partial charge on any atom is 0.154 e. The van der Waals surface area contributed by atoms with Gasteiger partial charge in [0, 0.05) is 17.8 Å². The van der Waals surface area contributed by atoms with E-state index in [1.807, 2.05) is 6.92 Å². The predicted octanol–water partition coefficient (Wildman–Crippen LogP) is 1.36. The SMILES string of the molecule is Cc1nonc1CN1CCCc2c1n[nH]c2C. The highest BCUT2D eigenvalue weighted by molar-refractivity contribution is 5.51. The number of hydrogen-bond acceptors (Lipinski definition) is 5. The van der Waals surface area contributed by atoms with E-state index in [4.69, 9.17) is 4.63 Å². The van der Waals surface area contributed by atoms with E-state index in [2.05, 4.69) is 32.3 Å². The van der Waals surface area contributed by atoms with Crippen molar-refractivity contribution in [2.45, 2.75) is 33.2 Å². The first-order valence-electron chi connectivity index (χ1n) is 5.82. The van der Waals surface area contributed by atoms with Gasteiger partial charge in [0.2, 0.25) is 0 Å².